The van der Waals surface area contributed by atoms with E-state index in [9.17, 15) is 0 Å². The molecule has 1 aliphatic heterocycles. The van der Waals surface area contributed by atoms with Crippen molar-refractivity contribution in [2.24, 2.45) is 10.9 Å². The lowest BCUT2D eigenvalue weighted by Crippen LogP contribution is -2.40. The molecule has 0 radical (unpaired) electrons. The van der Waals surface area contributed by atoms with E-state index < -0.39 is 0 Å². The lowest BCUT2D eigenvalue weighted by Gasteiger charge is -2.30. The van der Waals surface area contributed by atoms with Crippen LogP contribution in [0.5, 0.6) is 0 Å². The van der Waals surface area contributed by atoms with Crippen molar-refractivity contribution in [2.45, 2.75) is 26.2 Å². The van der Waals surface area contributed by atoms with Crippen molar-refractivity contribution in [1.29, 1.82) is 0 Å². The minimum atomic E-state index is 0. The Bertz CT molecular complexity index is 256. The summed E-state index contributed by atoms with van der Waals surface area (Å²) in [6.45, 7) is 8.54. The van der Waals surface area contributed by atoms with Crippen LogP contribution in [0.1, 0.15) is 26.2 Å². The van der Waals surface area contributed by atoms with Crippen LogP contribution in [0.25, 0.3) is 0 Å². The highest BCUT2D eigenvalue weighted by Gasteiger charge is 2.14. The number of guanidine groups is 1. The van der Waals surface area contributed by atoms with Crippen LogP contribution in [0.15, 0.2) is 4.99 Å². The van der Waals surface area contributed by atoms with E-state index in [1.807, 2.05) is 0 Å². The number of nitrogens with one attached hydrogen (secondary N) is 2. The van der Waals surface area contributed by atoms with E-state index in [2.05, 4.69) is 27.4 Å². The van der Waals surface area contributed by atoms with Gasteiger partial charge < -0.3 is 20.3 Å². The van der Waals surface area contributed by atoms with Crippen LogP contribution in [-0.4, -0.2) is 64.3 Å². The molecule has 0 unspecified atom stereocenters. The fourth-order valence-corrected chi connectivity index (χ4v) is 2.29. The van der Waals surface area contributed by atoms with Crippen molar-refractivity contribution in [2.75, 3.05) is 53.5 Å². The van der Waals surface area contributed by atoms with Gasteiger partial charge in [0.25, 0.3) is 0 Å². The molecule has 0 aromatic heterocycles. The summed E-state index contributed by atoms with van der Waals surface area (Å²) in [6.07, 6.45) is 3.88. The Morgan fingerprint density at radius 2 is 1.90 bits per heavy atom. The van der Waals surface area contributed by atoms with Gasteiger partial charge >= 0.3 is 0 Å². The van der Waals surface area contributed by atoms with Crippen molar-refractivity contribution < 1.29 is 4.74 Å². The number of halogens is 1. The second kappa shape index (κ2) is 12.6. The first kappa shape index (κ1) is 19.9. The molecule has 5 nitrogen and oxygen atoms in total. The summed E-state index contributed by atoms with van der Waals surface area (Å²) < 4.78 is 5.00. The van der Waals surface area contributed by atoms with E-state index in [-0.39, 0.29) is 24.0 Å². The molecule has 0 saturated carbocycles. The van der Waals surface area contributed by atoms with Gasteiger partial charge in [0.05, 0.1) is 6.61 Å². The maximum Gasteiger partial charge on any atom is 0.191 e. The molecule has 20 heavy (non-hydrogen) atoms. The van der Waals surface area contributed by atoms with Crippen molar-refractivity contribution >= 4 is 29.9 Å². The number of nitrogens with zero attached hydrogens (tertiary/aromatic N) is 2. The Balaban J connectivity index is 0.00000361. The summed E-state index contributed by atoms with van der Waals surface area (Å²) in [5, 5.41) is 6.55. The predicted molar refractivity (Wildman–Crippen MR) is 96.1 cm³/mol. The lowest BCUT2D eigenvalue weighted by atomic mass is 9.99. The van der Waals surface area contributed by atoms with Gasteiger partial charge in [-0.15, -0.1) is 24.0 Å². The maximum absolute atomic E-state index is 5.00. The van der Waals surface area contributed by atoms with E-state index >= 15 is 0 Å². The van der Waals surface area contributed by atoms with E-state index in [1.54, 1.807) is 14.2 Å². The van der Waals surface area contributed by atoms with Crippen LogP contribution in [0, 0.1) is 5.92 Å². The molecule has 1 fully saturated rings. The molecule has 0 aromatic carbocycles. The Labute approximate surface area is 140 Å². The number of hydrogen-bond donors (Lipinski definition) is 2. The Hall–Kier alpha value is -0.0800. The number of likely N-dealkylation sites (tertiary alicyclic amines) is 1. The van der Waals surface area contributed by atoms with Crippen molar-refractivity contribution in [3.63, 3.8) is 0 Å². The zero-order valence-electron chi connectivity index (χ0n) is 13.2. The highest BCUT2D eigenvalue weighted by atomic mass is 127. The number of piperidine rings is 1. The molecule has 0 aliphatic carbocycles. The molecule has 1 aliphatic rings. The largest absolute Gasteiger partial charge is 0.383 e. The molecule has 2 N–H and O–H groups in total. The standard InChI is InChI=1S/C14H30N4O.HI/c1-13-5-10-18(11-6-13)9-4-7-16-14(15-2)17-8-12-19-3;/h13H,4-12H2,1-3H3,(H2,15,16,17);1H. The number of methoxy groups -OCH3 is 1. The molecule has 1 saturated heterocycles. The number of rotatable bonds is 7. The zero-order chi connectivity index (χ0) is 13.9. The quantitative estimate of drug-likeness (QED) is 0.296. The first-order valence-electron chi connectivity index (χ1n) is 7.42. The predicted octanol–water partition coefficient (Wildman–Crippen LogP) is 1.54. The summed E-state index contributed by atoms with van der Waals surface area (Å²) in [4.78, 5) is 6.75. The van der Waals surface area contributed by atoms with Crippen molar-refractivity contribution in [3.05, 3.63) is 0 Å². The Kier molecular flexibility index (Phi) is 12.6. The third-order valence-electron chi connectivity index (χ3n) is 3.64. The fourth-order valence-electron chi connectivity index (χ4n) is 2.29. The van der Waals surface area contributed by atoms with Crippen molar-refractivity contribution in [1.82, 2.24) is 15.5 Å². The van der Waals surface area contributed by atoms with Crippen LogP contribution >= 0.6 is 24.0 Å². The van der Waals surface area contributed by atoms with E-state index in [0.29, 0.717) is 6.61 Å². The molecule has 120 valence electrons. The Morgan fingerprint density at radius 3 is 2.50 bits per heavy atom. The third kappa shape index (κ3) is 8.97. The monoisotopic (exact) mass is 398 g/mol. The average molecular weight is 398 g/mol. The van der Waals surface area contributed by atoms with Gasteiger partial charge in [0.1, 0.15) is 0 Å². The third-order valence-corrected chi connectivity index (χ3v) is 3.64. The topological polar surface area (TPSA) is 48.9 Å². The van der Waals surface area contributed by atoms with E-state index in [1.165, 1.54) is 38.9 Å². The summed E-state index contributed by atoms with van der Waals surface area (Å²) in [6, 6.07) is 0. The molecule has 0 aromatic rings. The highest BCUT2D eigenvalue weighted by Crippen LogP contribution is 2.15. The van der Waals surface area contributed by atoms with Crippen LogP contribution in [-0.2, 0) is 4.74 Å². The summed E-state index contributed by atoms with van der Waals surface area (Å²) >= 11 is 0. The van der Waals surface area contributed by atoms with Gasteiger partial charge in [0, 0.05) is 27.2 Å². The smallest absolute Gasteiger partial charge is 0.191 e. The SMILES string of the molecule is CN=C(NCCCN1CCC(C)CC1)NCCOC.I. The van der Waals surface area contributed by atoms with Crippen LogP contribution in [0.2, 0.25) is 0 Å². The van der Waals surface area contributed by atoms with Crippen molar-refractivity contribution in [3.8, 4) is 0 Å². The molecular weight excluding hydrogens is 367 g/mol. The zero-order valence-corrected chi connectivity index (χ0v) is 15.5. The van der Waals surface area contributed by atoms with Gasteiger partial charge in [0.2, 0.25) is 0 Å². The molecular formula is C14H31IN4O. The molecule has 0 amide bonds. The second-order valence-corrected chi connectivity index (χ2v) is 5.30. The highest BCUT2D eigenvalue weighted by molar-refractivity contribution is 14.0. The molecule has 1 rings (SSSR count). The summed E-state index contributed by atoms with van der Waals surface area (Å²) in [5.41, 5.74) is 0. The van der Waals surface area contributed by atoms with Gasteiger partial charge in [-0.3, -0.25) is 4.99 Å². The molecule has 6 heteroatoms. The van der Waals surface area contributed by atoms with Crippen LogP contribution < -0.4 is 10.6 Å². The van der Waals surface area contributed by atoms with E-state index in [0.717, 1.165) is 25.0 Å². The van der Waals surface area contributed by atoms with Gasteiger partial charge in [-0.1, -0.05) is 6.92 Å². The number of ether oxygens (including phenoxy) is 1. The van der Waals surface area contributed by atoms with Gasteiger partial charge in [-0.05, 0) is 44.8 Å². The number of aliphatic imine (C=N–C) groups is 1. The van der Waals surface area contributed by atoms with Crippen LogP contribution in [0.4, 0.5) is 0 Å². The van der Waals surface area contributed by atoms with Gasteiger partial charge in [-0.25, -0.2) is 0 Å². The molecule has 0 spiro atoms. The summed E-state index contributed by atoms with van der Waals surface area (Å²) in [7, 11) is 3.51. The Morgan fingerprint density at radius 1 is 1.25 bits per heavy atom. The minimum Gasteiger partial charge on any atom is -0.383 e. The van der Waals surface area contributed by atoms with Gasteiger partial charge in [0.15, 0.2) is 5.96 Å². The van der Waals surface area contributed by atoms with E-state index in [4.69, 9.17) is 4.74 Å². The fraction of sp³-hybridized carbons (Fsp3) is 0.929. The normalized spacial score (nSPS) is 17.6. The maximum atomic E-state index is 5.00. The average Bonchev–Trinajstić information content (AvgIpc) is 2.43. The molecule has 1 heterocycles. The molecule has 0 atom stereocenters. The minimum absolute atomic E-state index is 0. The first-order valence-corrected chi connectivity index (χ1v) is 7.42. The first-order chi connectivity index (χ1) is 9.26. The number of hydrogen-bond acceptors (Lipinski definition) is 3. The van der Waals surface area contributed by atoms with Crippen LogP contribution in [0.3, 0.4) is 0 Å². The molecule has 0 bridgehead atoms. The van der Waals surface area contributed by atoms with Gasteiger partial charge in [-0.2, -0.15) is 0 Å². The summed E-state index contributed by atoms with van der Waals surface area (Å²) in [5.74, 6) is 1.78. The lowest BCUT2D eigenvalue weighted by molar-refractivity contribution is 0.191. The second-order valence-electron chi connectivity index (χ2n) is 5.30.